The first-order chi connectivity index (χ1) is 10.2. The fourth-order valence-corrected chi connectivity index (χ4v) is 5.18. The molecule has 5 aliphatic rings. The molecule has 0 radical (unpaired) electrons. The summed E-state index contributed by atoms with van der Waals surface area (Å²) in [7, 11) is 0. The molecule has 114 valence electrons. The predicted octanol–water partition coefficient (Wildman–Crippen LogP) is 1.15. The Hall–Kier alpha value is -1.07. The number of rotatable bonds is 1. The Bertz CT molecular complexity index is 532. The third-order valence-corrected chi connectivity index (χ3v) is 6.30. The van der Waals surface area contributed by atoms with Gasteiger partial charge in [0.1, 0.15) is 12.7 Å². The highest BCUT2D eigenvalue weighted by Crippen LogP contribution is 2.56. The second kappa shape index (κ2) is 4.02. The fraction of sp³-hybridized carbons (Fsp3) is 0.812. The van der Waals surface area contributed by atoms with Crippen molar-refractivity contribution < 1.29 is 14.3 Å². The molecule has 5 nitrogen and oxygen atoms in total. The normalized spacial score (nSPS) is 47.9. The third-order valence-electron chi connectivity index (χ3n) is 6.30. The van der Waals surface area contributed by atoms with Gasteiger partial charge in [0, 0.05) is 24.0 Å². The minimum absolute atomic E-state index is 0.164. The summed E-state index contributed by atoms with van der Waals surface area (Å²) >= 11 is 0. The Morgan fingerprint density at radius 3 is 2.71 bits per heavy atom. The number of fused-ring (bicyclic) bond motifs is 4. The highest BCUT2D eigenvalue weighted by Gasteiger charge is 2.63. The minimum Gasteiger partial charge on any atom is -0.456 e. The van der Waals surface area contributed by atoms with Crippen LogP contribution in [0.1, 0.15) is 39.0 Å². The van der Waals surface area contributed by atoms with Crippen molar-refractivity contribution in [2.45, 2.75) is 63.4 Å². The number of cyclic esters (lactones) is 1. The Labute approximate surface area is 124 Å². The van der Waals surface area contributed by atoms with Crippen molar-refractivity contribution in [1.82, 2.24) is 10.2 Å². The first-order valence-electron chi connectivity index (χ1n) is 8.21. The van der Waals surface area contributed by atoms with Gasteiger partial charge in [-0.15, -0.1) is 0 Å². The highest BCUT2D eigenvalue weighted by atomic mass is 16.6. The van der Waals surface area contributed by atoms with Crippen molar-refractivity contribution in [3.8, 4) is 0 Å². The summed E-state index contributed by atoms with van der Waals surface area (Å²) < 4.78 is 11.3. The van der Waals surface area contributed by atoms with Gasteiger partial charge < -0.3 is 19.7 Å². The number of hydrogen-bond donors (Lipinski definition) is 1. The zero-order chi connectivity index (χ0) is 14.2. The molecule has 5 heterocycles. The molecule has 4 fully saturated rings. The summed E-state index contributed by atoms with van der Waals surface area (Å²) in [4.78, 5) is 13.9. The van der Waals surface area contributed by atoms with Crippen molar-refractivity contribution in [1.29, 1.82) is 0 Å². The maximum atomic E-state index is 11.6. The van der Waals surface area contributed by atoms with Crippen LogP contribution in [0.25, 0.3) is 0 Å². The average molecular weight is 290 g/mol. The zero-order valence-electron chi connectivity index (χ0n) is 12.4. The van der Waals surface area contributed by atoms with Crippen LogP contribution in [0.4, 0.5) is 0 Å². The van der Waals surface area contributed by atoms with Gasteiger partial charge in [-0.3, -0.25) is 0 Å². The lowest BCUT2D eigenvalue weighted by Crippen LogP contribution is -2.52. The molecular formula is C16H22N2O3. The molecule has 0 saturated carbocycles. The van der Waals surface area contributed by atoms with Gasteiger partial charge >= 0.3 is 5.97 Å². The third kappa shape index (κ3) is 1.67. The van der Waals surface area contributed by atoms with Gasteiger partial charge in [0.25, 0.3) is 0 Å². The molecule has 1 N–H and O–H groups in total. The van der Waals surface area contributed by atoms with Crippen LogP contribution >= 0.6 is 0 Å². The number of carbonyl (C=O) groups excluding carboxylic acids is 1. The smallest absolute Gasteiger partial charge is 0.335 e. The quantitative estimate of drug-likeness (QED) is 0.580. The monoisotopic (exact) mass is 290 g/mol. The molecule has 0 aliphatic carbocycles. The maximum absolute atomic E-state index is 11.6. The van der Waals surface area contributed by atoms with Gasteiger partial charge in [-0.2, -0.15) is 0 Å². The molecule has 21 heavy (non-hydrogen) atoms. The number of nitrogens with zero attached hydrogens (tertiary/aromatic N) is 1. The summed E-state index contributed by atoms with van der Waals surface area (Å²) in [6.07, 6.45) is 6.95. The molecular weight excluding hydrogens is 268 g/mol. The average Bonchev–Trinajstić information content (AvgIpc) is 3.14. The van der Waals surface area contributed by atoms with E-state index in [9.17, 15) is 4.79 Å². The van der Waals surface area contributed by atoms with E-state index in [0.717, 1.165) is 17.8 Å². The van der Waals surface area contributed by atoms with Crippen LogP contribution in [0, 0.1) is 5.41 Å². The lowest BCUT2D eigenvalue weighted by Gasteiger charge is -2.44. The SMILES string of the molecule is CC1=C(N2CCC3(CC4CCC(C3)N4)C3OC32)COC1=O. The number of carbonyl (C=O) groups is 1. The summed E-state index contributed by atoms with van der Waals surface area (Å²) in [5.41, 5.74) is 2.21. The number of hydrogen-bond acceptors (Lipinski definition) is 5. The van der Waals surface area contributed by atoms with Crippen molar-refractivity contribution in [2.24, 2.45) is 5.41 Å². The summed E-state index contributed by atoms with van der Waals surface area (Å²) in [6.45, 7) is 3.30. The van der Waals surface area contributed by atoms with Crippen molar-refractivity contribution >= 4 is 5.97 Å². The summed E-state index contributed by atoms with van der Waals surface area (Å²) in [5.74, 6) is -0.164. The van der Waals surface area contributed by atoms with Crippen molar-refractivity contribution in [3.05, 3.63) is 11.3 Å². The van der Waals surface area contributed by atoms with Crippen LogP contribution < -0.4 is 5.32 Å². The topological polar surface area (TPSA) is 54.1 Å². The van der Waals surface area contributed by atoms with Crippen LogP contribution in [-0.4, -0.2) is 48.4 Å². The molecule has 4 saturated heterocycles. The largest absolute Gasteiger partial charge is 0.456 e. The van der Waals surface area contributed by atoms with E-state index < -0.39 is 0 Å². The maximum Gasteiger partial charge on any atom is 0.335 e. The van der Waals surface area contributed by atoms with Gasteiger partial charge in [0.05, 0.1) is 11.3 Å². The number of ether oxygens (including phenoxy) is 2. The number of nitrogens with one attached hydrogen (secondary N) is 1. The molecule has 4 atom stereocenters. The molecule has 5 aliphatic heterocycles. The van der Waals surface area contributed by atoms with Crippen LogP contribution in [0.2, 0.25) is 0 Å². The van der Waals surface area contributed by atoms with Crippen molar-refractivity contribution in [2.75, 3.05) is 13.2 Å². The van der Waals surface area contributed by atoms with E-state index in [4.69, 9.17) is 9.47 Å². The van der Waals surface area contributed by atoms with Gasteiger partial charge in [0.15, 0.2) is 6.23 Å². The van der Waals surface area contributed by atoms with E-state index in [0.29, 0.717) is 30.2 Å². The molecule has 0 aromatic carbocycles. The van der Waals surface area contributed by atoms with E-state index >= 15 is 0 Å². The van der Waals surface area contributed by atoms with E-state index in [-0.39, 0.29) is 12.2 Å². The number of epoxide rings is 1. The first-order valence-corrected chi connectivity index (χ1v) is 8.21. The number of piperidine rings is 2. The van der Waals surface area contributed by atoms with E-state index in [1.165, 1.54) is 32.1 Å². The van der Waals surface area contributed by atoms with Crippen LogP contribution in [0.15, 0.2) is 11.3 Å². The van der Waals surface area contributed by atoms with Gasteiger partial charge in [0.2, 0.25) is 0 Å². The highest BCUT2D eigenvalue weighted by molar-refractivity contribution is 5.90. The second-order valence-electron chi connectivity index (χ2n) is 7.45. The Morgan fingerprint density at radius 2 is 2.05 bits per heavy atom. The molecule has 0 amide bonds. The lowest BCUT2D eigenvalue weighted by atomic mass is 9.68. The lowest BCUT2D eigenvalue weighted by molar-refractivity contribution is -0.136. The Balaban J connectivity index is 1.38. The van der Waals surface area contributed by atoms with Crippen LogP contribution in [0.3, 0.4) is 0 Å². The predicted molar refractivity (Wildman–Crippen MR) is 75.3 cm³/mol. The number of esters is 1. The summed E-state index contributed by atoms with van der Waals surface area (Å²) in [5, 5.41) is 3.74. The molecule has 1 spiro atoms. The van der Waals surface area contributed by atoms with Gasteiger partial charge in [-0.1, -0.05) is 0 Å². The molecule has 2 bridgehead atoms. The number of likely N-dealkylation sites (tertiary alicyclic amines) is 1. The molecule has 0 aromatic heterocycles. The molecule has 5 heteroatoms. The van der Waals surface area contributed by atoms with E-state index in [1.54, 1.807) is 0 Å². The van der Waals surface area contributed by atoms with Crippen LogP contribution in [0.5, 0.6) is 0 Å². The fourth-order valence-electron chi connectivity index (χ4n) is 5.18. The molecule has 4 unspecified atom stereocenters. The Kier molecular flexibility index (Phi) is 2.38. The Morgan fingerprint density at radius 1 is 1.29 bits per heavy atom. The molecule has 0 aromatic rings. The molecule has 5 rings (SSSR count). The van der Waals surface area contributed by atoms with Gasteiger partial charge in [-0.05, 0) is 39.0 Å². The zero-order valence-corrected chi connectivity index (χ0v) is 12.4. The minimum atomic E-state index is -0.164. The summed E-state index contributed by atoms with van der Waals surface area (Å²) in [6, 6.07) is 1.41. The van der Waals surface area contributed by atoms with E-state index in [2.05, 4.69) is 10.2 Å². The van der Waals surface area contributed by atoms with Crippen molar-refractivity contribution in [3.63, 3.8) is 0 Å². The van der Waals surface area contributed by atoms with E-state index in [1.807, 2.05) is 6.92 Å². The van der Waals surface area contributed by atoms with Gasteiger partial charge in [-0.25, -0.2) is 4.79 Å². The standard InChI is InChI=1S/C16H22N2O3/c1-9-12(8-20-15(9)19)18-5-4-16(13-14(18)21-13)6-10-2-3-11(7-16)17-10/h10-11,13-14,17H,2-8H2,1H3. The van der Waals surface area contributed by atoms with Crippen LogP contribution in [-0.2, 0) is 14.3 Å². The first kappa shape index (κ1) is 12.5. The second-order valence-corrected chi connectivity index (χ2v) is 7.45.